The van der Waals surface area contributed by atoms with Gasteiger partial charge in [0.15, 0.2) is 0 Å². The van der Waals surface area contributed by atoms with Crippen LogP contribution in [-0.2, 0) is 4.79 Å². The summed E-state index contributed by atoms with van der Waals surface area (Å²) < 4.78 is 4.34. The van der Waals surface area contributed by atoms with E-state index in [1.807, 2.05) is 31.1 Å². The van der Waals surface area contributed by atoms with Crippen LogP contribution in [0.2, 0.25) is 0 Å². The normalized spacial score (nSPS) is 19.8. The second kappa shape index (κ2) is 6.22. The molecule has 0 radical (unpaired) electrons. The average Bonchev–Trinajstić information content (AvgIpc) is 3.12. The molecule has 1 saturated heterocycles. The molecule has 1 aliphatic rings. The Labute approximate surface area is 137 Å². The highest BCUT2D eigenvalue weighted by Crippen LogP contribution is 2.25. The van der Waals surface area contributed by atoms with Gasteiger partial charge >= 0.3 is 0 Å². The van der Waals surface area contributed by atoms with Crippen molar-refractivity contribution in [3.8, 4) is 0 Å². The van der Waals surface area contributed by atoms with Gasteiger partial charge in [0.05, 0.1) is 6.04 Å². The number of rotatable bonds is 3. The molecule has 2 atom stereocenters. The molecule has 0 aliphatic carbocycles. The molecule has 3 rings (SSSR count). The first-order chi connectivity index (χ1) is 11.0. The first-order valence-electron chi connectivity index (χ1n) is 8.41. The fraction of sp³-hybridized carbons (Fsp3) is 0.556. The van der Waals surface area contributed by atoms with Crippen molar-refractivity contribution in [3.63, 3.8) is 0 Å². The molecule has 2 aromatic heterocycles. The molecule has 0 bridgehead atoms. The standard InChI is InChI=1S/C18H26N4O/c1-13-7-8-14(2)22(13)15(3)18(23)20-10-5-6-17(12-20)21-11-9-19-16(21)4/h7-9,11,15,17H,5-6,10,12H2,1-4H3/t15-,17+/m0/s1. The molecular formula is C18H26N4O. The van der Waals surface area contributed by atoms with E-state index in [-0.39, 0.29) is 11.9 Å². The van der Waals surface area contributed by atoms with E-state index < -0.39 is 0 Å². The zero-order valence-corrected chi connectivity index (χ0v) is 14.5. The van der Waals surface area contributed by atoms with E-state index in [2.05, 4.69) is 40.1 Å². The lowest BCUT2D eigenvalue weighted by molar-refractivity contribution is -0.136. The van der Waals surface area contributed by atoms with Crippen molar-refractivity contribution in [2.75, 3.05) is 13.1 Å². The van der Waals surface area contributed by atoms with Crippen molar-refractivity contribution in [2.45, 2.75) is 52.6 Å². The third-order valence-corrected chi connectivity index (χ3v) is 5.03. The van der Waals surface area contributed by atoms with E-state index in [1.54, 1.807) is 0 Å². The van der Waals surface area contributed by atoms with Gasteiger partial charge in [-0.3, -0.25) is 4.79 Å². The van der Waals surface area contributed by atoms with Crippen LogP contribution in [0, 0.1) is 20.8 Å². The van der Waals surface area contributed by atoms with Crippen molar-refractivity contribution in [2.24, 2.45) is 0 Å². The van der Waals surface area contributed by atoms with Gasteiger partial charge < -0.3 is 14.0 Å². The summed E-state index contributed by atoms with van der Waals surface area (Å²) in [6.45, 7) is 9.78. The molecular weight excluding hydrogens is 288 g/mol. The summed E-state index contributed by atoms with van der Waals surface area (Å²) in [6, 6.07) is 4.35. The molecule has 0 N–H and O–H groups in total. The summed E-state index contributed by atoms with van der Waals surface area (Å²) in [7, 11) is 0. The Bertz CT molecular complexity index is 680. The molecule has 0 aromatic carbocycles. The van der Waals surface area contributed by atoms with Gasteiger partial charge in [0.1, 0.15) is 11.9 Å². The molecule has 1 aliphatic heterocycles. The zero-order chi connectivity index (χ0) is 16.6. The molecule has 3 heterocycles. The lowest BCUT2D eigenvalue weighted by Crippen LogP contribution is -2.43. The van der Waals surface area contributed by atoms with E-state index in [4.69, 9.17) is 0 Å². The Morgan fingerprint density at radius 3 is 2.57 bits per heavy atom. The van der Waals surface area contributed by atoms with E-state index in [9.17, 15) is 4.79 Å². The second-order valence-electron chi connectivity index (χ2n) is 6.62. The lowest BCUT2D eigenvalue weighted by atomic mass is 10.0. The Balaban J connectivity index is 1.76. The Kier molecular flexibility index (Phi) is 4.28. The van der Waals surface area contributed by atoms with Crippen LogP contribution in [0.3, 0.4) is 0 Å². The van der Waals surface area contributed by atoms with Crippen molar-refractivity contribution >= 4 is 5.91 Å². The molecule has 124 valence electrons. The number of imidazole rings is 1. The van der Waals surface area contributed by atoms with Gasteiger partial charge in [-0.2, -0.15) is 0 Å². The number of nitrogens with zero attached hydrogens (tertiary/aromatic N) is 4. The van der Waals surface area contributed by atoms with Gasteiger partial charge in [0.25, 0.3) is 0 Å². The highest BCUT2D eigenvalue weighted by atomic mass is 16.2. The third kappa shape index (κ3) is 2.92. The number of hydrogen-bond acceptors (Lipinski definition) is 2. The summed E-state index contributed by atoms with van der Waals surface area (Å²) in [5, 5.41) is 0. The van der Waals surface area contributed by atoms with Gasteiger partial charge in [0.2, 0.25) is 5.91 Å². The third-order valence-electron chi connectivity index (χ3n) is 5.03. The fourth-order valence-corrected chi connectivity index (χ4v) is 3.82. The van der Waals surface area contributed by atoms with Gasteiger partial charge in [0, 0.05) is 36.9 Å². The fourth-order valence-electron chi connectivity index (χ4n) is 3.82. The van der Waals surface area contributed by atoms with Gasteiger partial charge in [-0.1, -0.05) is 0 Å². The quantitative estimate of drug-likeness (QED) is 0.874. The number of amides is 1. The smallest absolute Gasteiger partial charge is 0.245 e. The summed E-state index contributed by atoms with van der Waals surface area (Å²) in [6.07, 6.45) is 6.02. The first kappa shape index (κ1) is 15.8. The Morgan fingerprint density at radius 1 is 1.26 bits per heavy atom. The van der Waals surface area contributed by atoms with Gasteiger partial charge in [-0.05, 0) is 52.7 Å². The predicted molar refractivity (Wildman–Crippen MR) is 90.4 cm³/mol. The average molecular weight is 314 g/mol. The Morgan fingerprint density at radius 2 is 1.96 bits per heavy atom. The minimum Gasteiger partial charge on any atom is -0.339 e. The monoisotopic (exact) mass is 314 g/mol. The van der Waals surface area contributed by atoms with E-state index in [1.165, 1.54) is 0 Å². The van der Waals surface area contributed by atoms with Crippen molar-refractivity contribution in [1.82, 2.24) is 19.0 Å². The number of piperidine rings is 1. The van der Waals surface area contributed by atoms with Crippen molar-refractivity contribution in [3.05, 3.63) is 41.7 Å². The summed E-state index contributed by atoms with van der Waals surface area (Å²) in [5.74, 6) is 1.24. The van der Waals surface area contributed by atoms with Crippen molar-refractivity contribution < 1.29 is 4.79 Å². The van der Waals surface area contributed by atoms with Gasteiger partial charge in [-0.25, -0.2) is 4.98 Å². The van der Waals surface area contributed by atoms with Crippen LogP contribution in [0.4, 0.5) is 0 Å². The molecule has 0 spiro atoms. The maximum Gasteiger partial charge on any atom is 0.245 e. The molecule has 0 saturated carbocycles. The second-order valence-corrected chi connectivity index (χ2v) is 6.62. The number of carbonyl (C=O) groups is 1. The summed E-state index contributed by atoms with van der Waals surface area (Å²) >= 11 is 0. The highest BCUT2D eigenvalue weighted by molar-refractivity contribution is 5.80. The van der Waals surface area contributed by atoms with E-state index in [0.29, 0.717) is 6.04 Å². The lowest BCUT2D eigenvalue weighted by Gasteiger charge is -2.36. The van der Waals surface area contributed by atoms with Crippen LogP contribution in [0.15, 0.2) is 24.5 Å². The number of aromatic nitrogens is 3. The minimum atomic E-state index is -0.146. The summed E-state index contributed by atoms with van der Waals surface area (Å²) in [4.78, 5) is 19.3. The molecule has 23 heavy (non-hydrogen) atoms. The first-order valence-corrected chi connectivity index (χ1v) is 8.41. The highest BCUT2D eigenvalue weighted by Gasteiger charge is 2.29. The van der Waals surface area contributed by atoms with Crippen LogP contribution in [-0.4, -0.2) is 38.0 Å². The largest absolute Gasteiger partial charge is 0.339 e. The van der Waals surface area contributed by atoms with E-state index in [0.717, 1.165) is 43.1 Å². The number of aryl methyl sites for hydroxylation is 3. The molecule has 5 nitrogen and oxygen atoms in total. The zero-order valence-electron chi connectivity index (χ0n) is 14.5. The molecule has 1 fully saturated rings. The number of hydrogen-bond donors (Lipinski definition) is 0. The maximum absolute atomic E-state index is 13.0. The minimum absolute atomic E-state index is 0.146. The molecule has 1 amide bonds. The van der Waals surface area contributed by atoms with Crippen LogP contribution >= 0.6 is 0 Å². The van der Waals surface area contributed by atoms with Gasteiger partial charge in [-0.15, -0.1) is 0 Å². The molecule has 2 aromatic rings. The Hall–Kier alpha value is -2.04. The molecule has 5 heteroatoms. The topological polar surface area (TPSA) is 43.1 Å². The number of likely N-dealkylation sites (tertiary alicyclic amines) is 1. The van der Waals surface area contributed by atoms with Crippen LogP contribution in [0.25, 0.3) is 0 Å². The van der Waals surface area contributed by atoms with Crippen LogP contribution < -0.4 is 0 Å². The SMILES string of the molecule is Cc1nccn1[C@@H]1CCCN(C(=O)[C@H](C)n2c(C)ccc2C)C1. The van der Waals surface area contributed by atoms with E-state index >= 15 is 0 Å². The maximum atomic E-state index is 13.0. The molecule has 0 unspecified atom stereocenters. The van der Waals surface area contributed by atoms with Crippen LogP contribution in [0.1, 0.15) is 49.1 Å². The van der Waals surface area contributed by atoms with Crippen molar-refractivity contribution in [1.29, 1.82) is 0 Å². The predicted octanol–water partition coefficient (Wildman–Crippen LogP) is 3.03. The summed E-state index contributed by atoms with van der Waals surface area (Å²) in [5.41, 5.74) is 2.28. The number of carbonyl (C=O) groups excluding carboxylic acids is 1. The van der Waals surface area contributed by atoms with Crippen LogP contribution in [0.5, 0.6) is 0 Å².